The van der Waals surface area contributed by atoms with Gasteiger partial charge in [0.25, 0.3) is 0 Å². The summed E-state index contributed by atoms with van der Waals surface area (Å²) in [5, 5.41) is 0. The van der Waals surface area contributed by atoms with Crippen molar-refractivity contribution in [2.75, 3.05) is 7.05 Å². The van der Waals surface area contributed by atoms with Gasteiger partial charge in [0, 0.05) is 25.7 Å². The molecule has 0 spiro atoms. The van der Waals surface area contributed by atoms with Crippen molar-refractivity contribution >= 4 is 6.21 Å². The quantitative estimate of drug-likeness (QED) is 0.677. The Bertz CT molecular complexity index is 300. The van der Waals surface area contributed by atoms with E-state index in [1.165, 1.54) is 11.1 Å². The van der Waals surface area contributed by atoms with Crippen molar-refractivity contribution in [2.45, 2.75) is 27.2 Å². The molecule has 0 aliphatic carbocycles. The van der Waals surface area contributed by atoms with E-state index in [-0.39, 0.29) is 0 Å². The largest absolute Gasteiger partial charge is 0.297 e. The maximum atomic E-state index is 3.88. The molecular formula is C13H20N2. The van der Waals surface area contributed by atoms with Gasteiger partial charge in [-0.05, 0) is 38.0 Å². The Labute approximate surface area is 92.8 Å². The first-order chi connectivity index (χ1) is 7.20. The second kappa shape index (κ2) is 9.13. The summed E-state index contributed by atoms with van der Waals surface area (Å²) >= 11 is 0. The second-order valence-electron chi connectivity index (χ2n) is 3.30. The van der Waals surface area contributed by atoms with Crippen LogP contribution in [0.5, 0.6) is 0 Å². The predicted octanol–water partition coefficient (Wildman–Crippen LogP) is 3.43. The van der Waals surface area contributed by atoms with Crippen LogP contribution < -0.4 is 0 Å². The number of aliphatic imine (C=N–C) groups is 1. The van der Waals surface area contributed by atoms with Crippen molar-refractivity contribution in [3.05, 3.63) is 41.7 Å². The Hall–Kier alpha value is -1.44. The number of pyridine rings is 1. The summed E-state index contributed by atoms with van der Waals surface area (Å²) in [4.78, 5) is 7.71. The van der Waals surface area contributed by atoms with Crippen LogP contribution in [-0.2, 0) is 0 Å². The zero-order valence-electron chi connectivity index (χ0n) is 10.1. The molecule has 0 N–H and O–H groups in total. The van der Waals surface area contributed by atoms with Gasteiger partial charge in [-0.2, -0.15) is 0 Å². The highest BCUT2D eigenvalue weighted by Crippen LogP contribution is 1.94. The second-order valence-corrected chi connectivity index (χ2v) is 3.30. The molecule has 2 nitrogen and oxygen atoms in total. The molecule has 0 radical (unpaired) electrons. The average Bonchev–Trinajstić information content (AvgIpc) is 2.28. The summed E-state index contributed by atoms with van der Waals surface area (Å²) in [6.45, 7) is 6.25. The molecule has 1 heterocycles. The zero-order valence-corrected chi connectivity index (χ0v) is 10.1. The molecule has 15 heavy (non-hydrogen) atoms. The van der Waals surface area contributed by atoms with Gasteiger partial charge in [-0.1, -0.05) is 18.6 Å². The lowest BCUT2D eigenvalue weighted by molar-refractivity contribution is 1.10. The third kappa shape index (κ3) is 8.88. The molecule has 0 bridgehead atoms. The van der Waals surface area contributed by atoms with E-state index in [0.717, 1.165) is 6.42 Å². The Morgan fingerprint density at radius 2 is 2.27 bits per heavy atom. The summed E-state index contributed by atoms with van der Waals surface area (Å²) in [6, 6.07) is 3.95. The van der Waals surface area contributed by atoms with E-state index in [1.807, 2.05) is 37.5 Å². The van der Waals surface area contributed by atoms with Gasteiger partial charge in [0.05, 0.1) is 0 Å². The highest BCUT2D eigenvalue weighted by Gasteiger charge is 1.76. The van der Waals surface area contributed by atoms with Crippen LogP contribution >= 0.6 is 0 Å². The molecule has 0 saturated heterocycles. The topological polar surface area (TPSA) is 25.2 Å². The van der Waals surface area contributed by atoms with Crippen LogP contribution in [-0.4, -0.2) is 18.2 Å². The predicted molar refractivity (Wildman–Crippen MR) is 67.4 cm³/mol. The molecule has 0 aliphatic heterocycles. The Balaban J connectivity index is 0.000000262. The van der Waals surface area contributed by atoms with Crippen molar-refractivity contribution < 1.29 is 0 Å². The van der Waals surface area contributed by atoms with Gasteiger partial charge >= 0.3 is 0 Å². The number of allylic oxidation sites excluding steroid dienone is 2. The van der Waals surface area contributed by atoms with Gasteiger partial charge in [0.15, 0.2) is 0 Å². The maximum Gasteiger partial charge on any atom is 0.0297 e. The molecule has 0 unspecified atom stereocenters. The van der Waals surface area contributed by atoms with E-state index < -0.39 is 0 Å². The van der Waals surface area contributed by atoms with Gasteiger partial charge in [0.2, 0.25) is 0 Å². The standard InChI is InChI=1S/C7H13N.C6H7N/c1-4-7(2)5-6-8-3;1-6-3-2-4-7-5-6/h5-6H,4H2,1-3H3;2-5H,1H3/b7-5-,8-6?;. The minimum atomic E-state index is 1.12. The molecule has 1 aromatic heterocycles. The summed E-state index contributed by atoms with van der Waals surface area (Å²) < 4.78 is 0. The molecule has 0 aromatic carbocycles. The fourth-order valence-electron chi connectivity index (χ4n) is 0.768. The van der Waals surface area contributed by atoms with E-state index in [4.69, 9.17) is 0 Å². The van der Waals surface area contributed by atoms with Crippen molar-refractivity contribution in [3.63, 3.8) is 0 Å². The zero-order chi connectivity index (χ0) is 11.5. The Morgan fingerprint density at radius 1 is 1.53 bits per heavy atom. The van der Waals surface area contributed by atoms with Crippen LogP contribution in [0, 0.1) is 6.92 Å². The third-order valence-electron chi connectivity index (χ3n) is 1.88. The highest BCUT2D eigenvalue weighted by molar-refractivity contribution is 5.71. The fourth-order valence-corrected chi connectivity index (χ4v) is 0.768. The molecule has 1 aromatic rings. The van der Waals surface area contributed by atoms with Crippen molar-refractivity contribution in [2.24, 2.45) is 4.99 Å². The first kappa shape index (κ1) is 13.6. The smallest absolute Gasteiger partial charge is 0.0297 e. The van der Waals surface area contributed by atoms with Gasteiger partial charge < -0.3 is 0 Å². The minimum Gasteiger partial charge on any atom is -0.297 e. The SMILES string of the molecule is CC/C(C)=C\C=NC.Cc1cccnc1. The third-order valence-corrected chi connectivity index (χ3v) is 1.88. The number of rotatable bonds is 2. The van der Waals surface area contributed by atoms with Gasteiger partial charge in [-0.15, -0.1) is 0 Å². The van der Waals surface area contributed by atoms with Crippen molar-refractivity contribution in [3.8, 4) is 0 Å². The molecule has 0 aliphatic rings. The van der Waals surface area contributed by atoms with Crippen LogP contribution in [0.4, 0.5) is 0 Å². The van der Waals surface area contributed by atoms with E-state index in [1.54, 1.807) is 13.2 Å². The van der Waals surface area contributed by atoms with Gasteiger partial charge in [0.1, 0.15) is 0 Å². The monoisotopic (exact) mass is 204 g/mol. The molecule has 0 amide bonds. The normalized spacial score (nSPS) is 11.1. The number of aromatic nitrogens is 1. The summed E-state index contributed by atoms with van der Waals surface area (Å²) in [5.74, 6) is 0. The molecule has 1 rings (SSSR count). The van der Waals surface area contributed by atoms with Crippen LogP contribution in [0.15, 0.2) is 41.2 Å². The summed E-state index contributed by atoms with van der Waals surface area (Å²) in [5.41, 5.74) is 2.58. The first-order valence-corrected chi connectivity index (χ1v) is 5.15. The van der Waals surface area contributed by atoms with Gasteiger partial charge in [-0.25, -0.2) is 0 Å². The average molecular weight is 204 g/mol. The lowest BCUT2D eigenvalue weighted by Crippen LogP contribution is -1.71. The minimum absolute atomic E-state index is 1.12. The number of hydrogen-bond donors (Lipinski definition) is 0. The van der Waals surface area contributed by atoms with Crippen LogP contribution in [0.3, 0.4) is 0 Å². The Morgan fingerprint density at radius 3 is 2.60 bits per heavy atom. The van der Waals surface area contributed by atoms with Crippen LogP contribution in [0.25, 0.3) is 0 Å². The summed E-state index contributed by atoms with van der Waals surface area (Å²) in [6.07, 6.45) is 8.57. The molecule has 82 valence electrons. The molecule has 0 fully saturated rings. The van der Waals surface area contributed by atoms with Crippen molar-refractivity contribution in [1.29, 1.82) is 0 Å². The van der Waals surface area contributed by atoms with Crippen molar-refractivity contribution in [1.82, 2.24) is 4.98 Å². The number of nitrogens with zero attached hydrogens (tertiary/aromatic N) is 2. The Kier molecular flexibility index (Phi) is 8.25. The highest BCUT2D eigenvalue weighted by atomic mass is 14.6. The summed E-state index contributed by atoms with van der Waals surface area (Å²) in [7, 11) is 1.78. The van der Waals surface area contributed by atoms with E-state index >= 15 is 0 Å². The fraction of sp³-hybridized carbons (Fsp3) is 0.385. The molecular weight excluding hydrogens is 184 g/mol. The number of aryl methyl sites for hydroxylation is 1. The van der Waals surface area contributed by atoms with E-state index in [0.29, 0.717) is 0 Å². The number of hydrogen-bond acceptors (Lipinski definition) is 2. The lowest BCUT2D eigenvalue weighted by Gasteiger charge is -1.86. The van der Waals surface area contributed by atoms with E-state index in [2.05, 4.69) is 23.8 Å². The first-order valence-electron chi connectivity index (χ1n) is 5.15. The van der Waals surface area contributed by atoms with Crippen LogP contribution in [0.1, 0.15) is 25.8 Å². The lowest BCUT2D eigenvalue weighted by atomic mass is 10.2. The van der Waals surface area contributed by atoms with Crippen LogP contribution in [0.2, 0.25) is 0 Å². The van der Waals surface area contributed by atoms with Gasteiger partial charge in [-0.3, -0.25) is 9.98 Å². The van der Waals surface area contributed by atoms with E-state index in [9.17, 15) is 0 Å². The molecule has 0 atom stereocenters. The molecule has 0 saturated carbocycles. The molecule has 2 heteroatoms. The maximum absolute atomic E-state index is 3.88.